The van der Waals surface area contributed by atoms with E-state index >= 15 is 0 Å². The molecule has 1 N–H and O–H groups in total. The Labute approximate surface area is 185 Å². The largest absolute Gasteiger partial charge is 0.497 e. The van der Waals surface area contributed by atoms with E-state index in [0.29, 0.717) is 23.1 Å². The predicted octanol–water partition coefficient (Wildman–Crippen LogP) is 3.48. The maximum absolute atomic E-state index is 13.2. The highest BCUT2D eigenvalue weighted by atomic mass is 32.2. The number of methoxy groups -OCH3 is 2. The van der Waals surface area contributed by atoms with E-state index < -0.39 is 0 Å². The first kappa shape index (κ1) is 22.2. The van der Waals surface area contributed by atoms with Crippen LogP contribution in [0, 0.1) is 0 Å². The first-order valence-electron chi connectivity index (χ1n) is 9.49. The molecule has 0 fully saturated rings. The van der Waals surface area contributed by atoms with Crippen molar-refractivity contribution in [2.45, 2.75) is 0 Å². The number of hydrogen-bond acceptors (Lipinski definition) is 6. The highest BCUT2D eigenvalue weighted by Crippen LogP contribution is 2.31. The van der Waals surface area contributed by atoms with Gasteiger partial charge in [0, 0.05) is 12.6 Å². The van der Waals surface area contributed by atoms with Crippen LogP contribution in [0.15, 0.2) is 71.9 Å². The summed E-state index contributed by atoms with van der Waals surface area (Å²) in [6, 6.07) is 14.5. The fourth-order valence-electron chi connectivity index (χ4n) is 2.80. The molecule has 2 amide bonds. The van der Waals surface area contributed by atoms with Gasteiger partial charge in [0.1, 0.15) is 17.2 Å². The van der Waals surface area contributed by atoms with Crippen molar-refractivity contribution in [1.29, 1.82) is 0 Å². The Morgan fingerprint density at radius 2 is 1.90 bits per heavy atom. The normalized spacial score (nSPS) is 14.4. The van der Waals surface area contributed by atoms with E-state index in [9.17, 15) is 9.59 Å². The second-order valence-electron chi connectivity index (χ2n) is 6.42. The van der Waals surface area contributed by atoms with Crippen LogP contribution in [0.1, 0.15) is 5.56 Å². The molecule has 0 radical (unpaired) electrons. The van der Waals surface area contributed by atoms with Gasteiger partial charge in [-0.3, -0.25) is 14.5 Å². The number of ether oxygens (including phenoxy) is 2. The monoisotopic (exact) mass is 437 g/mol. The molecule has 2 aromatic rings. The zero-order valence-electron chi connectivity index (χ0n) is 17.3. The first-order chi connectivity index (χ1) is 15.0. The maximum atomic E-state index is 13.2. The lowest BCUT2D eigenvalue weighted by atomic mass is 10.2. The van der Waals surface area contributed by atoms with Crippen molar-refractivity contribution < 1.29 is 19.1 Å². The van der Waals surface area contributed by atoms with Crippen LogP contribution in [0.2, 0.25) is 0 Å². The molecule has 1 aliphatic heterocycles. The lowest BCUT2D eigenvalue weighted by Gasteiger charge is -2.18. The van der Waals surface area contributed by atoms with Crippen molar-refractivity contribution in [1.82, 2.24) is 5.32 Å². The topological polar surface area (TPSA) is 80.2 Å². The van der Waals surface area contributed by atoms with Crippen LogP contribution >= 0.6 is 11.8 Å². The van der Waals surface area contributed by atoms with E-state index in [0.717, 1.165) is 11.3 Å². The van der Waals surface area contributed by atoms with Gasteiger partial charge in [0.15, 0.2) is 5.17 Å². The highest BCUT2D eigenvalue weighted by molar-refractivity contribution is 8.14. The van der Waals surface area contributed by atoms with Crippen LogP contribution in [0.4, 0.5) is 5.69 Å². The van der Waals surface area contributed by atoms with Crippen LogP contribution in [-0.2, 0) is 9.59 Å². The Kier molecular flexibility index (Phi) is 7.50. The second-order valence-corrected chi connectivity index (χ2v) is 7.36. The SMILES string of the molecule is C=CCNC(=O)CSC1=N/C(=C\c2ccc(OC)cc2)C(=O)N1c1cccc(OC)c1. The molecule has 0 bridgehead atoms. The van der Waals surface area contributed by atoms with Gasteiger partial charge in [0.25, 0.3) is 5.91 Å². The Bertz CT molecular complexity index is 1030. The zero-order valence-corrected chi connectivity index (χ0v) is 18.1. The number of amides is 2. The number of rotatable bonds is 8. The minimum absolute atomic E-state index is 0.121. The molecule has 0 atom stereocenters. The lowest BCUT2D eigenvalue weighted by molar-refractivity contribution is -0.118. The van der Waals surface area contributed by atoms with Crippen LogP contribution in [0.5, 0.6) is 11.5 Å². The van der Waals surface area contributed by atoms with Gasteiger partial charge in [-0.05, 0) is 35.9 Å². The molecule has 1 heterocycles. The molecule has 31 heavy (non-hydrogen) atoms. The fraction of sp³-hybridized carbons (Fsp3) is 0.174. The summed E-state index contributed by atoms with van der Waals surface area (Å²) in [6.07, 6.45) is 3.32. The molecule has 2 aromatic carbocycles. The average molecular weight is 438 g/mol. The predicted molar refractivity (Wildman–Crippen MR) is 125 cm³/mol. The smallest absolute Gasteiger partial charge is 0.283 e. The fourth-order valence-corrected chi connectivity index (χ4v) is 3.64. The molecule has 0 saturated carbocycles. The van der Waals surface area contributed by atoms with Gasteiger partial charge in [-0.2, -0.15) is 0 Å². The number of nitrogens with one attached hydrogen (secondary N) is 1. The number of carbonyl (C=O) groups is 2. The number of anilines is 1. The number of nitrogens with zero attached hydrogens (tertiary/aromatic N) is 2. The molecule has 0 aromatic heterocycles. The molecule has 160 valence electrons. The van der Waals surface area contributed by atoms with Crippen molar-refractivity contribution in [3.8, 4) is 11.5 Å². The van der Waals surface area contributed by atoms with Gasteiger partial charge in [-0.25, -0.2) is 4.99 Å². The molecule has 8 heteroatoms. The van der Waals surface area contributed by atoms with Gasteiger partial charge >= 0.3 is 0 Å². The summed E-state index contributed by atoms with van der Waals surface area (Å²) in [7, 11) is 3.16. The molecule has 0 saturated heterocycles. The molecule has 0 aliphatic carbocycles. The zero-order chi connectivity index (χ0) is 22.2. The Balaban J connectivity index is 1.90. The van der Waals surface area contributed by atoms with Crippen LogP contribution in [0.3, 0.4) is 0 Å². The standard InChI is InChI=1S/C23H23N3O4S/c1-4-12-24-21(27)15-31-23-25-20(13-16-8-10-18(29-2)11-9-16)22(28)26(23)17-6-5-7-19(14-17)30-3/h4-11,13-14H,1,12,15H2,2-3H3,(H,24,27)/b20-13-. The summed E-state index contributed by atoms with van der Waals surface area (Å²) in [5, 5.41) is 3.14. The third-order valence-electron chi connectivity index (χ3n) is 4.34. The third-order valence-corrected chi connectivity index (χ3v) is 5.27. The van der Waals surface area contributed by atoms with Crippen molar-refractivity contribution in [2.75, 3.05) is 31.4 Å². The van der Waals surface area contributed by atoms with Crippen molar-refractivity contribution in [3.63, 3.8) is 0 Å². The van der Waals surface area contributed by atoms with Gasteiger partial charge in [0.2, 0.25) is 5.91 Å². The summed E-state index contributed by atoms with van der Waals surface area (Å²) in [5.74, 6) is 1.02. The third kappa shape index (κ3) is 5.55. The van der Waals surface area contributed by atoms with Crippen molar-refractivity contribution in [3.05, 3.63) is 72.4 Å². The summed E-state index contributed by atoms with van der Waals surface area (Å²) in [5.41, 5.74) is 1.70. The summed E-state index contributed by atoms with van der Waals surface area (Å²) in [4.78, 5) is 31.2. The molecule has 3 rings (SSSR count). The number of hydrogen-bond donors (Lipinski definition) is 1. The van der Waals surface area contributed by atoms with E-state index in [-0.39, 0.29) is 23.3 Å². The van der Waals surface area contributed by atoms with E-state index in [4.69, 9.17) is 9.47 Å². The Hall–Kier alpha value is -3.52. The lowest BCUT2D eigenvalue weighted by Crippen LogP contribution is -2.32. The van der Waals surface area contributed by atoms with E-state index in [2.05, 4.69) is 16.9 Å². The average Bonchev–Trinajstić information content (AvgIpc) is 3.11. The minimum atomic E-state index is -0.280. The van der Waals surface area contributed by atoms with Gasteiger partial charge < -0.3 is 14.8 Å². The number of amidine groups is 1. The number of carbonyl (C=O) groups excluding carboxylic acids is 2. The van der Waals surface area contributed by atoms with E-state index in [1.54, 1.807) is 50.6 Å². The van der Waals surface area contributed by atoms with Gasteiger partial charge in [-0.15, -0.1) is 6.58 Å². The molecule has 1 aliphatic rings. The Morgan fingerprint density at radius 1 is 1.16 bits per heavy atom. The molecular weight excluding hydrogens is 414 g/mol. The van der Waals surface area contributed by atoms with E-state index in [1.807, 2.05) is 24.3 Å². The Morgan fingerprint density at radius 3 is 2.58 bits per heavy atom. The molecule has 0 spiro atoms. The molecule has 7 nitrogen and oxygen atoms in total. The van der Waals surface area contributed by atoms with Crippen molar-refractivity contribution in [2.24, 2.45) is 4.99 Å². The summed E-state index contributed by atoms with van der Waals surface area (Å²) in [6.45, 7) is 3.97. The highest BCUT2D eigenvalue weighted by Gasteiger charge is 2.32. The van der Waals surface area contributed by atoms with Crippen molar-refractivity contribution >= 4 is 40.5 Å². The molecular formula is C23H23N3O4S. The minimum Gasteiger partial charge on any atom is -0.497 e. The van der Waals surface area contributed by atoms with Crippen LogP contribution in [-0.4, -0.2) is 43.5 Å². The van der Waals surface area contributed by atoms with E-state index in [1.165, 1.54) is 16.7 Å². The van der Waals surface area contributed by atoms with Crippen LogP contribution < -0.4 is 19.7 Å². The summed E-state index contributed by atoms with van der Waals surface area (Å²) >= 11 is 1.19. The summed E-state index contributed by atoms with van der Waals surface area (Å²) < 4.78 is 10.5. The number of thioether (sulfide) groups is 1. The number of aliphatic imine (C=N–C) groups is 1. The second kappa shape index (κ2) is 10.5. The quantitative estimate of drug-likeness (QED) is 0.505. The maximum Gasteiger partial charge on any atom is 0.283 e. The van der Waals surface area contributed by atoms with Gasteiger partial charge in [0.05, 0.1) is 25.7 Å². The number of benzene rings is 2. The first-order valence-corrected chi connectivity index (χ1v) is 10.5. The van der Waals surface area contributed by atoms with Gasteiger partial charge in [-0.1, -0.05) is 36.0 Å². The molecule has 0 unspecified atom stereocenters. The van der Waals surface area contributed by atoms with Crippen LogP contribution in [0.25, 0.3) is 6.08 Å².